The minimum atomic E-state index is -0.0126. The van der Waals surface area contributed by atoms with Gasteiger partial charge in [0.25, 0.3) is 5.91 Å². The first kappa shape index (κ1) is 16.8. The number of nitrogens with zero attached hydrogens (tertiary/aromatic N) is 4. The van der Waals surface area contributed by atoms with E-state index < -0.39 is 0 Å². The van der Waals surface area contributed by atoms with Crippen molar-refractivity contribution in [1.82, 2.24) is 19.8 Å². The molecule has 0 fully saturated rings. The summed E-state index contributed by atoms with van der Waals surface area (Å²) in [4.78, 5) is 14.8. The highest BCUT2D eigenvalue weighted by Gasteiger charge is 2.29. The SMILES string of the molecule is CCn1nc(C)cc1C(=O)N1CCc2onc(-c3ccc(Cl)cc3)c2C1. The molecule has 3 heterocycles. The lowest BCUT2D eigenvalue weighted by Crippen LogP contribution is -2.36. The van der Waals surface area contributed by atoms with Crippen molar-refractivity contribution >= 4 is 17.5 Å². The van der Waals surface area contributed by atoms with Gasteiger partial charge >= 0.3 is 0 Å². The molecule has 0 atom stereocenters. The van der Waals surface area contributed by atoms with Crippen LogP contribution in [0.5, 0.6) is 0 Å². The minimum absolute atomic E-state index is 0.0126. The van der Waals surface area contributed by atoms with Gasteiger partial charge in [-0.3, -0.25) is 9.48 Å². The van der Waals surface area contributed by atoms with Crippen LogP contribution in [0, 0.1) is 6.92 Å². The fraction of sp³-hybridized carbons (Fsp3) is 0.316. The third kappa shape index (κ3) is 2.90. The second-order valence-electron chi connectivity index (χ2n) is 6.40. The van der Waals surface area contributed by atoms with Crippen molar-refractivity contribution in [3.63, 3.8) is 0 Å². The molecule has 0 radical (unpaired) electrons. The Morgan fingerprint density at radius 1 is 1.31 bits per heavy atom. The molecular formula is C19H19ClN4O2. The summed E-state index contributed by atoms with van der Waals surface area (Å²) in [5.74, 6) is 0.834. The van der Waals surface area contributed by atoms with Crippen molar-refractivity contribution in [3.05, 3.63) is 58.1 Å². The minimum Gasteiger partial charge on any atom is -0.360 e. The van der Waals surface area contributed by atoms with Crippen LogP contribution in [0.15, 0.2) is 34.9 Å². The van der Waals surface area contributed by atoms with E-state index >= 15 is 0 Å². The summed E-state index contributed by atoms with van der Waals surface area (Å²) in [6.45, 7) is 5.63. The van der Waals surface area contributed by atoms with Crippen molar-refractivity contribution in [2.24, 2.45) is 0 Å². The number of fused-ring (bicyclic) bond motifs is 1. The summed E-state index contributed by atoms with van der Waals surface area (Å²) in [6.07, 6.45) is 0.654. The maximum atomic E-state index is 13.0. The second-order valence-corrected chi connectivity index (χ2v) is 6.84. The van der Waals surface area contributed by atoms with Crippen LogP contribution < -0.4 is 0 Å². The number of carbonyl (C=O) groups excluding carboxylic acids is 1. The highest BCUT2D eigenvalue weighted by Crippen LogP contribution is 2.31. The van der Waals surface area contributed by atoms with Gasteiger partial charge in [0, 0.05) is 35.7 Å². The molecule has 26 heavy (non-hydrogen) atoms. The molecule has 7 heteroatoms. The van der Waals surface area contributed by atoms with Crippen LogP contribution in [0.25, 0.3) is 11.3 Å². The van der Waals surface area contributed by atoms with Crippen LogP contribution in [0.2, 0.25) is 5.02 Å². The zero-order valence-electron chi connectivity index (χ0n) is 14.7. The van der Waals surface area contributed by atoms with E-state index in [1.54, 1.807) is 4.68 Å². The van der Waals surface area contributed by atoms with E-state index in [4.69, 9.17) is 16.1 Å². The first-order valence-corrected chi connectivity index (χ1v) is 9.01. The van der Waals surface area contributed by atoms with Crippen LogP contribution in [0.3, 0.4) is 0 Å². The fourth-order valence-electron chi connectivity index (χ4n) is 3.34. The average molecular weight is 371 g/mol. The van der Waals surface area contributed by atoms with Gasteiger partial charge in [0.15, 0.2) is 0 Å². The van der Waals surface area contributed by atoms with Gasteiger partial charge in [-0.1, -0.05) is 28.9 Å². The van der Waals surface area contributed by atoms with Crippen LogP contribution in [0.4, 0.5) is 0 Å². The number of rotatable bonds is 3. The lowest BCUT2D eigenvalue weighted by molar-refractivity contribution is 0.0716. The summed E-state index contributed by atoms with van der Waals surface area (Å²) >= 11 is 5.97. The van der Waals surface area contributed by atoms with Crippen molar-refractivity contribution < 1.29 is 9.32 Å². The lowest BCUT2D eigenvalue weighted by atomic mass is 10.0. The van der Waals surface area contributed by atoms with Gasteiger partial charge < -0.3 is 9.42 Å². The summed E-state index contributed by atoms with van der Waals surface area (Å²) in [7, 11) is 0. The van der Waals surface area contributed by atoms with Crippen molar-refractivity contribution in [1.29, 1.82) is 0 Å². The number of halogens is 1. The Morgan fingerprint density at radius 3 is 2.81 bits per heavy atom. The Labute approximate surface area is 156 Å². The Kier molecular flexibility index (Phi) is 4.28. The monoisotopic (exact) mass is 370 g/mol. The van der Waals surface area contributed by atoms with Gasteiger partial charge in [0.1, 0.15) is 17.1 Å². The van der Waals surface area contributed by atoms with Crippen LogP contribution in [-0.2, 0) is 19.5 Å². The van der Waals surface area contributed by atoms with Gasteiger partial charge in [-0.15, -0.1) is 0 Å². The Balaban J connectivity index is 1.64. The molecule has 6 nitrogen and oxygen atoms in total. The molecule has 134 valence electrons. The number of carbonyl (C=O) groups is 1. The average Bonchev–Trinajstić information content (AvgIpc) is 3.24. The molecule has 1 amide bonds. The van der Waals surface area contributed by atoms with E-state index in [2.05, 4.69) is 10.3 Å². The fourth-order valence-corrected chi connectivity index (χ4v) is 3.46. The number of benzene rings is 1. The van der Waals surface area contributed by atoms with Crippen LogP contribution in [0.1, 0.15) is 34.4 Å². The summed E-state index contributed by atoms with van der Waals surface area (Å²) < 4.78 is 7.27. The molecule has 0 N–H and O–H groups in total. The third-order valence-electron chi connectivity index (χ3n) is 4.65. The highest BCUT2D eigenvalue weighted by atomic mass is 35.5. The van der Waals surface area contributed by atoms with E-state index in [0.717, 1.165) is 28.3 Å². The Hall–Kier alpha value is -2.60. The van der Waals surface area contributed by atoms with Gasteiger partial charge in [0.2, 0.25) is 0 Å². The second kappa shape index (κ2) is 6.61. The Bertz CT molecular complexity index is 959. The number of hydrogen-bond acceptors (Lipinski definition) is 4. The largest absolute Gasteiger partial charge is 0.360 e. The van der Waals surface area contributed by atoms with Crippen LogP contribution >= 0.6 is 11.6 Å². The number of amides is 1. The summed E-state index contributed by atoms with van der Waals surface area (Å²) in [5, 5.41) is 9.28. The van der Waals surface area contributed by atoms with Gasteiger partial charge in [0.05, 0.1) is 12.2 Å². The zero-order valence-corrected chi connectivity index (χ0v) is 15.5. The van der Waals surface area contributed by atoms with Gasteiger partial charge in [-0.2, -0.15) is 5.10 Å². The van der Waals surface area contributed by atoms with E-state index in [0.29, 0.717) is 36.8 Å². The standard InChI is InChI=1S/C19H19ClN4O2/c1-3-24-16(10-12(2)21-24)19(25)23-9-8-17-15(11-23)18(22-26-17)13-4-6-14(20)7-5-13/h4-7,10H,3,8-9,11H2,1-2H3. The van der Waals surface area contributed by atoms with Crippen molar-refractivity contribution in [2.45, 2.75) is 33.4 Å². The molecular weight excluding hydrogens is 352 g/mol. The number of hydrogen-bond donors (Lipinski definition) is 0. The van der Waals surface area contributed by atoms with Gasteiger partial charge in [-0.05, 0) is 32.0 Å². The maximum absolute atomic E-state index is 13.0. The molecule has 0 unspecified atom stereocenters. The summed E-state index contributed by atoms with van der Waals surface area (Å²) in [6, 6.07) is 9.32. The highest BCUT2D eigenvalue weighted by molar-refractivity contribution is 6.30. The lowest BCUT2D eigenvalue weighted by Gasteiger charge is -2.26. The third-order valence-corrected chi connectivity index (χ3v) is 4.90. The summed E-state index contributed by atoms with van der Waals surface area (Å²) in [5.41, 5.74) is 4.14. The number of aromatic nitrogens is 3. The zero-order chi connectivity index (χ0) is 18.3. The van der Waals surface area contributed by atoms with E-state index in [-0.39, 0.29) is 5.91 Å². The van der Waals surface area contributed by atoms with Gasteiger partial charge in [-0.25, -0.2) is 0 Å². The van der Waals surface area contributed by atoms with E-state index in [9.17, 15) is 4.79 Å². The molecule has 2 aromatic heterocycles. The molecule has 1 aliphatic heterocycles. The normalized spacial score (nSPS) is 13.7. The quantitative estimate of drug-likeness (QED) is 0.704. The van der Waals surface area contributed by atoms with Crippen molar-refractivity contribution in [2.75, 3.05) is 6.54 Å². The van der Waals surface area contributed by atoms with Crippen molar-refractivity contribution in [3.8, 4) is 11.3 Å². The molecule has 3 aromatic rings. The molecule has 0 saturated carbocycles. The Morgan fingerprint density at radius 2 is 2.08 bits per heavy atom. The number of aryl methyl sites for hydroxylation is 2. The van der Waals surface area contributed by atoms with E-state index in [1.807, 2.05) is 49.1 Å². The first-order valence-electron chi connectivity index (χ1n) is 8.64. The molecule has 0 bridgehead atoms. The molecule has 4 rings (SSSR count). The first-order chi connectivity index (χ1) is 12.6. The smallest absolute Gasteiger partial charge is 0.272 e. The maximum Gasteiger partial charge on any atom is 0.272 e. The molecule has 1 aliphatic rings. The molecule has 0 aliphatic carbocycles. The topological polar surface area (TPSA) is 64.2 Å². The molecule has 0 saturated heterocycles. The predicted molar refractivity (Wildman–Crippen MR) is 98.0 cm³/mol. The van der Waals surface area contributed by atoms with E-state index in [1.165, 1.54) is 0 Å². The van der Waals surface area contributed by atoms with Crippen LogP contribution in [-0.4, -0.2) is 32.3 Å². The molecule has 1 aromatic carbocycles. The predicted octanol–water partition coefficient (Wildman–Crippen LogP) is 3.72. The molecule has 0 spiro atoms.